The summed E-state index contributed by atoms with van der Waals surface area (Å²) in [5, 5.41) is 3.54. The summed E-state index contributed by atoms with van der Waals surface area (Å²) in [7, 11) is 0. The Kier molecular flexibility index (Phi) is 10.6. The largest absolute Gasteiger partial charge is 0.316 e. The molecule has 0 spiro atoms. The Morgan fingerprint density at radius 1 is 1.00 bits per heavy atom. The Bertz CT molecular complexity index is 190. The van der Waals surface area contributed by atoms with Gasteiger partial charge in [0.05, 0.1) is 0 Å². The molecule has 18 heavy (non-hydrogen) atoms. The van der Waals surface area contributed by atoms with Crippen molar-refractivity contribution in [3.05, 3.63) is 0 Å². The van der Waals surface area contributed by atoms with Crippen molar-refractivity contribution in [2.75, 3.05) is 26.2 Å². The van der Waals surface area contributed by atoms with Crippen molar-refractivity contribution < 1.29 is 0 Å². The normalized spacial score (nSPS) is 25.3. The molecule has 2 fully saturated rings. The van der Waals surface area contributed by atoms with Crippen molar-refractivity contribution in [3.8, 4) is 0 Å². The van der Waals surface area contributed by atoms with Crippen LogP contribution in [-0.2, 0) is 0 Å². The maximum atomic E-state index is 3.54. The van der Waals surface area contributed by atoms with Crippen LogP contribution in [0.1, 0.15) is 51.9 Å². The van der Waals surface area contributed by atoms with Gasteiger partial charge in [0.1, 0.15) is 0 Å². The SMILES string of the molecule is CCN(CC1CCCNC1)C1CCCCC1.Cl.Cl. The lowest BCUT2D eigenvalue weighted by molar-refractivity contribution is 0.131. The van der Waals surface area contributed by atoms with Gasteiger partial charge >= 0.3 is 0 Å². The van der Waals surface area contributed by atoms with Gasteiger partial charge in [-0.2, -0.15) is 0 Å². The van der Waals surface area contributed by atoms with E-state index in [4.69, 9.17) is 0 Å². The van der Waals surface area contributed by atoms with E-state index in [0.29, 0.717) is 0 Å². The van der Waals surface area contributed by atoms with E-state index in [1.807, 2.05) is 0 Å². The fourth-order valence-electron chi connectivity index (χ4n) is 3.39. The van der Waals surface area contributed by atoms with E-state index in [9.17, 15) is 0 Å². The van der Waals surface area contributed by atoms with Gasteiger partial charge in [-0.05, 0) is 51.2 Å². The van der Waals surface area contributed by atoms with Crippen LogP contribution in [0.2, 0.25) is 0 Å². The van der Waals surface area contributed by atoms with Crippen LogP contribution in [0, 0.1) is 5.92 Å². The summed E-state index contributed by atoms with van der Waals surface area (Å²) in [6.07, 6.45) is 10.1. The molecule has 2 aliphatic rings. The number of hydrogen-bond donors (Lipinski definition) is 1. The second kappa shape index (κ2) is 10.3. The maximum Gasteiger partial charge on any atom is 0.00952 e. The van der Waals surface area contributed by atoms with E-state index in [2.05, 4.69) is 17.1 Å². The molecule has 0 aromatic heterocycles. The van der Waals surface area contributed by atoms with E-state index in [-0.39, 0.29) is 24.8 Å². The van der Waals surface area contributed by atoms with E-state index < -0.39 is 0 Å². The van der Waals surface area contributed by atoms with Crippen molar-refractivity contribution in [1.82, 2.24) is 10.2 Å². The molecule has 2 rings (SSSR count). The van der Waals surface area contributed by atoms with Crippen LogP contribution in [0.25, 0.3) is 0 Å². The van der Waals surface area contributed by atoms with E-state index >= 15 is 0 Å². The Morgan fingerprint density at radius 2 is 1.72 bits per heavy atom. The highest BCUT2D eigenvalue weighted by molar-refractivity contribution is 5.85. The molecule has 1 N–H and O–H groups in total. The highest BCUT2D eigenvalue weighted by Crippen LogP contribution is 2.24. The number of halogens is 2. The van der Waals surface area contributed by atoms with Gasteiger partial charge in [0.2, 0.25) is 0 Å². The molecule has 0 amide bonds. The molecule has 1 aliphatic carbocycles. The van der Waals surface area contributed by atoms with Gasteiger partial charge in [-0.1, -0.05) is 26.2 Å². The summed E-state index contributed by atoms with van der Waals surface area (Å²) in [4.78, 5) is 2.76. The predicted molar refractivity (Wildman–Crippen MR) is 84.2 cm³/mol. The van der Waals surface area contributed by atoms with Crippen molar-refractivity contribution in [2.45, 2.75) is 57.9 Å². The molecule has 1 heterocycles. The third-order valence-electron chi connectivity index (χ3n) is 4.39. The number of rotatable bonds is 4. The summed E-state index contributed by atoms with van der Waals surface area (Å²) in [5.41, 5.74) is 0. The van der Waals surface area contributed by atoms with E-state index in [1.54, 1.807) is 0 Å². The van der Waals surface area contributed by atoms with Crippen LogP contribution < -0.4 is 5.32 Å². The second-order valence-electron chi connectivity index (χ2n) is 5.59. The second-order valence-corrected chi connectivity index (χ2v) is 5.59. The van der Waals surface area contributed by atoms with Crippen molar-refractivity contribution in [1.29, 1.82) is 0 Å². The molecule has 1 unspecified atom stereocenters. The molecule has 0 bridgehead atoms. The first kappa shape index (κ1) is 18.5. The van der Waals surface area contributed by atoms with Gasteiger partial charge in [-0.15, -0.1) is 24.8 Å². The maximum absolute atomic E-state index is 3.54. The quantitative estimate of drug-likeness (QED) is 0.854. The van der Waals surface area contributed by atoms with Crippen LogP contribution in [0.5, 0.6) is 0 Å². The molecule has 110 valence electrons. The van der Waals surface area contributed by atoms with Crippen molar-refractivity contribution >= 4 is 24.8 Å². The van der Waals surface area contributed by atoms with E-state index in [1.165, 1.54) is 71.1 Å². The standard InChI is InChI=1S/C14H28N2.2ClH/c1-2-16(14-8-4-3-5-9-14)12-13-7-6-10-15-11-13;;/h13-15H,2-12H2,1H3;2*1H. The van der Waals surface area contributed by atoms with E-state index in [0.717, 1.165) is 12.0 Å². The number of piperidine rings is 1. The molecule has 4 heteroatoms. The minimum absolute atomic E-state index is 0. The van der Waals surface area contributed by atoms with Crippen LogP contribution >= 0.6 is 24.8 Å². The number of hydrogen-bond acceptors (Lipinski definition) is 2. The molecule has 2 nitrogen and oxygen atoms in total. The summed E-state index contributed by atoms with van der Waals surface area (Å²) >= 11 is 0. The molecule has 1 atom stereocenters. The smallest absolute Gasteiger partial charge is 0.00952 e. The van der Waals surface area contributed by atoms with Gasteiger partial charge in [0, 0.05) is 12.6 Å². The average molecular weight is 297 g/mol. The minimum Gasteiger partial charge on any atom is -0.316 e. The summed E-state index contributed by atoms with van der Waals surface area (Å²) in [5.74, 6) is 0.913. The third kappa shape index (κ3) is 5.64. The molecule has 0 aromatic rings. The lowest BCUT2D eigenvalue weighted by Crippen LogP contribution is -2.43. The van der Waals surface area contributed by atoms with Crippen molar-refractivity contribution in [3.63, 3.8) is 0 Å². The Hall–Kier alpha value is 0.500. The first-order valence-corrected chi connectivity index (χ1v) is 7.35. The van der Waals surface area contributed by atoms with Crippen LogP contribution in [0.3, 0.4) is 0 Å². The monoisotopic (exact) mass is 296 g/mol. The molecule has 0 radical (unpaired) electrons. The molecule has 0 aromatic carbocycles. The van der Waals surface area contributed by atoms with Gasteiger partial charge in [-0.25, -0.2) is 0 Å². The van der Waals surface area contributed by atoms with Crippen molar-refractivity contribution in [2.24, 2.45) is 5.92 Å². The zero-order valence-electron chi connectivity index (χ0n) is 11.7. The third-order valence-corrected chi connectivity index (χ3v) is 4.39. The summed E-state index contributed by atoms with van der Waals surface area (Å²) in [6.45, 7) is 7.43. The first-order chi connectivity index (χ1) is 7.90. The first-order valence-electron chi connectivity index (χ1n) is 7.35. The Labute approximate surface area is 125 Å². The lowest BCUT2D eigenvalue weighted by atomic mass is 9.92. The average Bonchev–Trinajstić information content (AvgIpc) is 2.38. The highest BCUT2D eigenvalue weighted by atomic mass is 35.5. The van der Waals surface area contributed by atoms with Gasteiger partial charge in [0.25, 0.3) is 0 Å². The van der Waals surface area contributed by atoms with Crippen LogP contribution in [0.4, 0.5) is 0 Å². The highest BCUT2D eigenvalue weighted by Gasteiger charge is 2.23. The lowest BCUT2D eigenvalue weighted by Gasteiger charge is -2.37. The predicted octanol–water partition coefficient (Wildman–Crippen LogP) is 3.48. The zero-order valence-corrected chi connectivity index (χ0v) is 13.3. The zero-order chi connectivity index (χ0) is 11.2. The minimum atomic E-state index is 0. The Morgan fingerprint density at radius 3 is 2.28 bits per heavy atom. The Balaban J connectivity index is 0.00000144. The van der Waals surface area contributed by atoms with Crippen LogP contribution in [-0.4, -0.2) is 37.1 Å². The molecular weight excluding hydrogens is 267 g/mol. The van der Waals surface area contributed by atoms with Gasteiger partial charge < -0.3 is 10.2 Å². The topological polar surface area (TPSA) is 15.3 Å². The summed E-state index contributed by atoms with van der Waals surface area (Å²) in [6, 6.07) is 0.903. The molecule has 1 aliphatic heterocycles. The number of nitrogens with zero attached hydrogens (tertiary/aromatic N) is 1. The molecule has 1 saturated carbocycles. The summed E-state index contributed by atoms with van der Waals surface area (Å²) < 4.78 is 0. The van der Waals surface area contributed by atoms with Gasteiger partial charge in [0.15, 0.2) is 0 Å². The van der Waals surface area contributed by atoms with Crippen LogP contribution in [0.15, 0.2) is 0 Å². The molecular formula is C14H30Cl2N2. The number of nitrogens with one attached hydrogen (secondary N) is 1. The van der Waals surface area contributed by atoms with Gasteiger partial charge in [-0.3, -0.25) is 0 Å². The molecule has 1 saturated heterocycles. The fraction of sp³-hybridized carbons (Fsp3) is 1.00. The fourth-order valence-corrected chi connectivity index (χ4v) is 3.39.